The van der Waals surface area contributed by atoms with Gasteiger partial charge in [-0.25, -0.2) is 4.98 Å². The minimum absolute atomic E-state index is 0. The molecule has 1 aromatic heterocycles. The molecule has 0 aliphatic heterocycles. The number of aliphatic hydroxyl groups excluding tert-OH is 1. The van der Waals surface area contributed by atoms with Crippen molar-refractivity contribution in [3.05, 3.63) is 83.4 Å². The number of carbonyl (C=O) groups excluding carboxylic acids is 1. The molecule has 1 radical (unpaired) electrons. The molecule has 5 rings (SSSR count). The van der Waals surface area contributed by atoms with Crippen LogP contribution >= 0.6 is 0 Å². The molecule has 0 atom stereocenters. The van der Waals surface area contributed by atoms with E-state index in [-0.39, 0.29) is 48.9 Å². The first-order chi connectivity index (χ1) is 21.1. The summed E-state index contributed by atoms with van der Waals surface area (Å²) < 4.78 is 17.7. The van der Waals surface area contributed by atoms with Crippen LogP contribution in [-0.2, 0) is 36.7 Å². The van der Waals surface area contributed by atoms with E-state index in [0.29, 0.717) is 5.56 Å². The quantitative estimate of drug-likeness (QED) is 0.110. The number of fused-ring (bicyclic) bond motifs is 4. The Kier molecular flexibility index (Phi) is 10.7. The molecule has 0 spiro atoms. The Balaban J connectivity index is 0.000000309. The maximum absolute atomic E-state index is 11.7. The Morgan fingerprint density at radius 2 is 1.66 bits per heavy atom. The van der Waals surface area contributed by atoms with E-state index in [4.69, 9.17) is 2.74 Å². The van der Waals surface area contributed by atoms with E-state index in [1.165, 1.54) is 17.0 Å². The first-order valence-electron chi connectivity index (χ1n) is 16.8. The summed E-state index contributed by atoms with van der Waals surface area (Å²) in [7, 11) is 0. The Labute approximate surface area is 281 Å². The van der Waals surface area contributed by atoms with Crippen molar-refractivity contribution in [3.8, 4) is 11.3 Å². The SMILES string of the molecule is CCC(CC)C(=O)/C=C(\O)C(CC)CC.[2H]C([2H])(c1cc2c3c(ncnc3c1)-c1[c-]cc3ccccc3c1C2(C)C)C(C)(C)C.[Ir]. The second-order valence-corrected chi connectivity index (χ2v) is 13.3. The zero-order valence-corrected chi connectivity index (χ0v) is 30.2. The molecule has 3 aromatic carbocycles. The number of rotatable bonds is 8. The average Bonchev–Trinajstić information content (AvgIpc) is 3.00. The normalized spacial score (nSPS) is 14.8. The minimum atomic E-state index is -1.50. The van der Waals surface area contributed by atoms with Gasteiger partial charge in [0, 0.05) is 40.8 Å². The molecule has 1 N–H and O–H groups in total. The summed E-state index contributed by atoms with van der Waals surface area (Å²) in [6, 6.07) is 17.9. The predicted octanol–water partition coefficient (Wildman–Crippen LogP) is 10.3. The van der Waals surface area contributed by atoms with Gasteiger partial charge >= 0.3 is 0 Å². The first-order valence-corrected chi connectivity index (χ1v) is 15.8. The van der Waals surface area contributed by atoms with E-state index in [0.717, 1.165) is 58.8 Å². The monoisotopic (exact) mass is 772 g/mol. The van der Waals surface area contributed by atoms with Crippen molar-refractivity contribution in [2.45, 2.75) is 99.8 Å². The summed E-state index contributed by atoms with van der Waals surface area (Å²) in [4.78, 5) is 20.9. The maximum atomic E-state index is 11.7. The molecule has 0 amide bonds. The van der Waals surface area contributed by atoms with Gasteiger partial charge < -0.3 is 5.11 Å². The Morgan fingerprint density at radius 1 is 1.02 bits per heavy atom. The van der Waals surface area contributed by atoms with Gasteiger partial charge in [0.25, 0.3) is 0 Å². The van der Waals surface area contributed by atoms with Crippen molar-refractivity contribution in [2.75, 3.05) is 0 Å². The number of allylic oxidation sites excluding steroid dienone is 2. The second kappa shape index (κ2) is 14.5. The predicted molar refractivity (Wildman–Crippen MR) is 180 cm³/mol. The number of ketones is 1. The molecule has 237 valence electrons. The maximum Gasteiger partial charge on any atom is 0.162 e. The van der Waals surface area contributed by atoms with Gasteiger partial charge in [0.05, 0.1) is 11.3 Å². The largest absolute Gasteiger partial charge is 0.512 e. The minimum Gasteiger partial charge on any atom is -0.512 e. The van der Waals surface area contributed by atoms with E-state index in [9.17, 15) is 9.90 Å². The Hall–Kier alpha value is -2.88. The topological polar surface area (TPSA) is 63.1 Å². The summed E-state index contributed by atoms with van der Waals surface area (Å²) in [6.45, 7) is 18.3. The van der Waals surface area contributed by atoms with Crippen LogP contribution in [0.2, 0.25) is 0 Å². The zero-order chi connectivity index (χ0) is 33.3. The number of aromatic nitrogens is 2. The summed E-state index contributed by atoms with van der Waals surface area (Å²) in [5, 5.41) is 13.1. The zero-order valence-electron chi connectivity index (χ0n) is 29.8. The number of aliphatic hydroxyl groups is 1. The van der Waals surface area contributed by atoms with Crippen LogP contribution < -0.4 is 0 Å². The van der Waals surface area contributed by atoms with E-state index in [1.54, 1.807) is 6.33 Å². The van der Waals surface area contributed by atoms with Crippen LogP contribution in [0.15, 0.2) is 60.6 Å². The van der Waals surface area contributed by atoms with Crippen molar-refractivity contribution < 1.29 is 32.7 Å². The summed E-state index contributed by atoms with van der Waals surface area (Å²) in [6.07, 6.45) is 5.00. The molecule has 0 fully saturated rings. The van der Waals surface area contributed by atoms with Crippen LogP contribution in [0, 0.1) is 23.3 Å². The molecule has 1 heterocycles. The van der Waals surface area contributed by atoms with Gasteiger partial charge in [0.15, 0.2) is 5.78 Å². The van der Waals surface area contributed by atoms with E-state index < -0.39 is 11.8 Å². The van der Waals surface area contributed by atoms with Crippen molar-refractivity contribution in [1.82, 2.24) is 9.97 Å². The summed E-state index contributed by atoms with van der Waals surface area (Å²) in [5.74, 6) is 0.547. The number of carbonyl (C=O) groups is 1. The van der Waals surface area contributed by atoms with Crippen molar-refractivity contribution in [3.63, 3.8) is 0 Å². The molecular formula is C39H49IrN2O2-. The van der Waals surface area contributed by atoms with Crippen LogP contribution in [-0.4, -0.2) is 20.9 Å². The fourth-order valence-corrected chi connectivity index (χ4v) is 6.34. The van der Waals surface area contributed by atoms with Gasteiger partial charge in [0.1, 0.15) is 6.33 Å². The van der Waals surface area contributed by atoms with Crippen molar-refractivity contribution in [1.29, 1.82) is 0 Å². The average molecular weight is 772 g/mol. The van der Waals surface area contributed by atoms with Crippen LogP contribution in [0.3, 0.4) is 0 Å². The first kappa shape index (κ1) is 32.5. The summed E-state index contributed by atoms with van der Waals surface area (Å²) in [5.41, 5.74) is 4.76. The molecule has 0 bridgehead atoms. The third kappa shape index (κ3) is 7.32. The Morgan fingerprint density at radius 3 is 2.27 bits per heavy atom. The van der Waals surface area contributed by atoms with Crippen molar-refractivity contribution in [2.24, 2.45) is 17.3 Å². The van der Waals surface area contributed by atoms with Gasteiger partial charge in [-0.1, -0.05) is 103 Å². The van der Waals surface area contributed by atoms with Crippen molar-refractivity contribution >= 4 is 27.5 Å². The molecule has 0 saturated carbocycles. The molecule has 44 heavy (non-hydrogen) atoms. The fourth-order valence-electron chi connectivity index (χ4n) is 6.34. The molecular weight excluding hydrogens is 721 g/mol. The van der Waals surface area contributed by atoms with Gasteiger partial charge in [-0.15, -0.1) is 23.3 Å². The third-order valence-corrected chi connectivity index (χ3v) is 8.73. The standard InChI is InChI=1S/C26H25N2.C13H24O2.Ir/c1-25(2,3)14-16-12-20-22-21(13-16)27-15-28-24(22)19-11-10-17-8-6-7-9-18(17)23(19)26(20,4)5;1-5-10(6-2)12(14)9-13(15)11(7-3)8-4;/h6-10,12-13,15H,14H2,1-5H3;9-11,14H,5-8H2,1-4H3;/q-1;;/b;12-9-;/i14D2;;. The van der Waals surface area contributed by atoms with E-state index in [2.05, 4.69) is 48.1 Å². The molecule has 5 heteroatoms. The fraction of sp³-hybridized carbons (Fsp3) is 0.462. The van der Waals surface area contributed by atoms with Crippen LogP contribution in [0.4, 0.5) is 0 Å². The van der Waals surface area contributed by atoms with Crippen LogP contribution in [0.5, 0.6) is 0 Å². The molecule has 0 saturated heterocycles. The molecule has 4 aromatic rings. The second-order valence-electron chi connectivity index (χ2n) is 13.3. The number of benzene rings is 3. The molecule has 4 nitrogen and oxygen atoms in total. The van der Waals surface area contributed by atoms with Crippen LogP contribution in [0.1, 0.15) is 107 Å². The van der Waals surface area contributed by atoms with Crippen LogP contribution in [0.25, 0.3) is 32.9 Å². The van der Waals surface area contributed by atoms with Gasteiger partial charge in [-0.05, 0) is 71.2 Å². The molecule has 0 unspecified atom stereocenters. The Bertz CT molecular complexity index is 1730. The van der Waals surface area contributed by atoms with Gasteiger partial charge in [-0.3, -0.25) is 9.78 Å². The number of hydrogen-bond donors (Lipinski definition) is 1. The van der Waals surface area contributed by atoms with Gasteiger partial charge in [-0.2, -0.15) is 0 Å². The smallest absolute Gasteiger partial charge is 0.162 e. The number of nitrogens with zero attached hydrogens (tertiary/aromatic N) is 2. The number of hydrogen-bond acceptors (Lipinski definition) is 4. The summed E-state index contributed by atoms with van der Waals surface area (Å²) >= 11 is 0. The van der Waals surface area contributed by atoms with E-state index >= 15 is 0 Å². The molecule has 1 aliphatic rings. The van der Waals surface area contributed by atoms with E-state index in [1.807, 2.05) is 72.7 Å². The molecule has 1 aliphatic carbocycles. The third-order valence-electron chi connectivity index (χ3n) is 8.73. The van der Waals surface area contributed by atoms with Gasteiger partial charge in [0.2, 0.25) is 0 Å².